The summed E-state index contributed by atoms with van der Waals surface area (Å²) in [7, 11) is 0. The first kappa shape index (κ1) is 14.1. The van der Waals surface area contributed by atoms with E-state index >= 15 is 0 Å². The van der Waals surface area contributed by atoms with Gasteiger partial charge in [-0.15, -0.1) is 0 Å². The van der Waals surface area contributed by atoms with Crippen molar-refractivity contribution in [1.82, 2.24) is 15.3 Å². The number of aromatic nitrogens is 2. The summed E-state index contributed by atoms with van der Waals surface area (Å²) in [5, 5.41) is 6.85. The van der Waals surface area contributed by atoms with Crippen LogP contribution in [0, 0.1) is 12.8 Å². The molecule has 0 spiro atoms. The number of anilines is 1. The zero-order valence-corrected chi connectivity index (χ0v) is 12.1. The van der Waals surface area contributed by atoms with E-state index in [0.29, 0.717) is 30.4 Å². The van der Waals surface area contributed by atoms with Crippen molar-refractivity contribution in [3.63, 3.8) is 0 Å². The van der Waals surface area contributed by atoms with Gasteiger partial charge in [-0.05, 0) is 52.6 Å². The van der Waals surface area contributed by atoms with E-state index in [1.165, 1.54) is 12.8 Å². The zero-order valence-electron chi connectivity index (χ0n) is 12.1. The molecule has 1 aromatic rings. The monoisotopic (exact) mass is 264 g/mol. The van der Waals surface area contributed by atoms with Gasteiger partial charge in [-0.2, -0.15) is 4.98 Å². The molecule has 0 aliphatic carbocycles. The van der Waals surface area contributed by atoms with E-state index < -0.39 is 0 Å². The van der Waals surface area contributed by atoms with Gasteiger partial charge in [-0.3, -0.25) is 0 Å². The first-order valence-electron chi connectivity index (χ1n) is 7.14. The molecule has 2 N–H and O–H groups in total. The van der Waals surface area contributed by atoms with Crippen molar-refractivity contribution in [2.24, 2.45) is 5.92 Å². The Hall–Kier alpha value is -1.36. The lowest BCUT2D eigenvalue weighted by Gasteiger charge is -2.29. The molecule has 0 saturated carbocycles. The SMILES string of the molecule is CCOc1cc(C)nc(NC(C)C2CCCNC2)n1. The van der Waals surface area contributed by atoms with Crippen molar-refractivity contribution in [3.8, 4) is 5.88 Å². The lowest BCUT2D eigenvalue weighted by atomic mass is 9.93. The van der Waals surface area contributed by atoms with Crippen molar-refractivity contribution < 1.29 is 4.74 Å². The average Bonchev–Trinajstić information content (AvgIpc) is 2.39. The van der Waals surface area contributed by atoms with E-state index in [0.717, 1.165) is 18.8 Å². The first-order valence-corrected chi connectivity index (χ1v) is 7.14. The Morgan fingerprint density at radius 3 is 3.05 bits per heavy atom. The molecule has 5 nitrogen and oxygen atoms in total. The zero-order chi connectivity index (χ0) is 13.7. The van der Waals surface area contributed by atoms with Crippen LogP contribution in [-0.4, -0.2) is 35.7 Å². The Balaban J connectivity index is 2.00. The lowest BCUT2D eigenvalue weighted by Crippen LogP contribution is -2.39. The van der Waals surface area contributed by atoms with E-state index in [-0.39, 0.29) is 0 Å². The highest BCUT2D eigenvalue weighted by atomic mass is 16.5. The lowest BCUT2D eigenvalue weighted by molar-refractivity contribution is 0.325. The standard InChI is InChI=1S/C14H24N4O/c1-4-19-13-8-10(2)16-14(18-13)17-11(3)12-6-5-7-15-9-12/h8,11-12,15H,4-7,9H2,1-3H3,(H,16,17,18). The van der Waals surface area contributed by atoms with Crippen molar-refractivity contribution in [2.75, 3.05) is 25.0 Å². The van der Waals surface area contributed by atoms with Crippen molar-refractivity contribution in [3.05, 3.63) is 11.8 Å². The Kier molecular flexibility index (Phi) is 4.96. The smallest absolute Gasteiger partial charge is 0.226 e. The van der Waals surface area contributed by atoms with Crippen molar-refractivity contribution in [1.29, 1.82) is 0 Å². The van der Waals surface area contributed by atoms with Gasteiger partial charge in [0.2, 0.25) is 11.8 Å². The second kappa shape index (κ2) is 6.70. The summed E-state index contributed by atoms with van der Waals surface area (Å²) < 4.78 is 5.45. The normalized spacial score (nSPS) is 20.9. The molecule has 0 bridgehead atoms. The molecule has 1 saturated heterocycles. The molecule has 2 heterocycles. The van der Waals surface area contributed by atoms with E-state index in [2.05, 4.69) is 27.5 Å². The number of rotatable bonds is 5. The molecule has 1 fully saturated rings. The predicted molar refractivity (Wildman–Crippen MR) is 76.6 cm³/mol. The van der Waals surface area contributed by atoms with Gasteiger partial charge in [0.25, 0.3) is 0 Å². The molecule has 1 aliphatic rings. The molecular weight excluding hydrogens is 240 g/mol. The molecule has 1 aromatic heterocycles. The number of hydrogen-bond donors (Lipinski definition) is 2. The molecular formula is C14H24N4O. The van der Waals surface area contributed by atoms with Crippen LogP contribution in [0.4, 0.5) is 5.95 Å². The van der Waals surface area contributed by atoms with Gasteiger partial charge in [-0.25, -0.2) is 4.98 Å². The topological polar surface area (TPSA) is 59.1 Å². The van der Waals surface area contributed by atoms with Crippen LogP contribution in [0.25, 0.3) is 0 Å². The summed E-state index contributed by atoms with van der Waals surface area (Å²) in [4.78, 5) is 8.82. The summed E-state index contributed by atoms with van der Waals surface area (Å²) in [5.41, 5.74) is 0.926. The highest BCUT2D eigenvalue weighted by Gasteiger charge is 2.20. The minimum Gasteiger partial charge on any atom is -0.478 e. The van der Waals surface area contributed by atoms with E-state index in [9.17, 15) is 0 Å². The van der Waals surface area contributed by atoms with Crippen molar-refractivity contribution >= 4 is 5.95 Å². The maximum absolute atomic E-state index is 5.45. The number of aryl methyl sites for hydroxylation is 1. The fourth-order valence-corrected chi connectivity index (χ4v) is 2.45. The number of hydrogen-bond acceptors (Lipinski definition) is 5. The minimum absolute atomic E-state index is 0.365. The molecule has 5 heteroatoms. The van der Waals surface area contributed by atoms with E-state index in [1.54, 1.807) is 0 Å². The molecule has 1 aliphatic heterocycles. The van der Waals surface area contributed by atoms with Gasteiger partial charge >= 0.3 is 0 Å². The minimum atomic E-state index is 0.365. The number of piperidine rings is 1. The summed E-state index contributed by atoms with van der Waals surface area (Å²) in [6.45, 7) is 8.95. The van der Waals surface area contributed by atoms with Crippen LogP contribution in [0.1, 0.15) is 32.4 Å². The van der Waals surface area contributed by atoms with Gasteiger partial charge in [-0.1, -0.05) is 0 Å². The third kappa shape index (κ3) is 4.06. The number of nitrogens with one attached hydrogen (secondary N) is 2. The van der Waals surface area contributed by atoms with Crippen LogP contribution >= 0.6 is 0 Å². The predicted octanol–water partition coefficient (Wildman–Crippen LogP) is 1.98. The molecule has 19 heavy (non-hydrogen) atoms. The second-order valence-electron chi connectivity index (χ2n) is 5.14. The van der Waals surface area contributed by atoms with Crippen LogP contribution in [-0.2, 0) is 0 Å². The highest BCUT2D eigenvalue weighted by Crippen LogP contribution is 2.18. The fourth-order valence-electron chi connectivity index (χ4n) is 2.45. The van der Waals surface area contributed by atoms with Gasteiger partial charge in [0, 0.05) is 17.8 Å². The first-order chi connectivity index (χ1) is 9.19. The molecule has 2 rings (SSSR count). The Morgan fingerprint density at radius 2 is 2.37 bits per heavy atom. The molecule has 106 valence electrons. The maximum Gasteiger partial charge on any atom is 0.226 e. The fraction of sp³-hybridized carbons (Fsp3) is 0.714. The quantitative estimate of drug-likeness (QED) is 0.851. The van der Waals surface area contributed by atoms with Crippen molar-refractivity contribution in [2.45, 2.75) is 39.7 Å². The van der Waals surface area contributed by atoms with Gasteiger partial charge in [0.15, 0.2) is 0 Å². The number of ether oxygens (including phenoxy) is 1. The largest absolute Gasteiger partial charge is 0.478 e. The Labute approximate surface area is 115 Å². The van der Waals surface area contributed by atoms with E-state index in [1.807, 2.05) is 19.9 Å². The van der Waals surface area contributed by atoms with Gasteiger partial charge in [0.05, 0.1) is 6.61 Å². The summed E-state index contributed by atoms with van der Waals surface area (Å²) in [6, 6.07) is 2.23. The average molecular weight is 264 g/mol. The summed E-state index contributed by atoms with van der Waals surface area (Å²) >= 11 is 0. The second-order valence-corrected chi connectivity index (χ2v) is 5.14. The van der Waals surface area contributed by atoms with Crippen LogP contribution in [0.3, 0.4) is 0 Å². The summed E-state index contributed by atoms with van der Waals surface area (Å²) in [5.74, 6) is 1.95. The molecule has 0 radical (unpaired) electrons. The third-order valence-electron chi connectivity index (χ3n) is 3.52. The summed E-state index contributed by atoms with van der Waals surface area (Å²) in [6.07, 6.45) is 2.50. The van der Waals surface area contributed by atoms with E-state index in [4.69, 9.17) is 4.74 Å². The van der Waals surface area contributed by atoms with Crippen LogP contribution < -0.4 is 15.4 Å². The molecule has 2 unspecified atom stereocenters. The number of nitrogens with zero attached hydrogens (tertiary/aromatic N) is 2. The van der Waals surface area contributed by atoms with Crippen LogP contribution in [0.15, 0.2) is 6.07 Å². The Morgan fingerprint density at radius 1 is 1.53 bits per heavy atom. The molecule has 0 amide bonds. The van der Waals surface area contributed by atoms with Crippen LogP contribution in [0.5, 0.6) is 5.88 Å². The highest BCUT2D eigenvalue weighted by molar-refractivity contribution is 5.31. The van der Waals surface area contributed by atoms with Crippen LogP contribution in [0.2, 0.25) is 0 Å². The van der Waals surface area contributed by atoms with Gasteiger partial charge < -0.3 is 15.4 Å². The molecule has 2 atom stereocenters. The Bertz CT molecular complexity index is 404. The third-order valence-corrected chi connectivity index (χ3v) is 3.52. The van der Waals surface area contributed by atoms with Gasteiger partial charge in [0.1, 0.15) is 0 Å². The maximum atomic E-state index is 5.45. The molecule has 0 aromatic carbocycles.